The van der Waals surface area contributed by atoms with Crippen molar-refractivity contribution in [2.24, 2.45) is 0 Å². The second kappa shape index (κ2) is 49.1. The Hall–Kier alpha value is -1.92. The van der Waals surface area contributed by atoms with E-state index in [4.69, 9.17) is 4.74 Å². The second-order valence-electron chi connectivity index (χ2n) is 18.3. The van der Waals surface area contributed by atoms with Crippen molar-refractivity contribution in [2.45, 2.75) is 296 Å². The third kappa shape index (κ3) is 44.5. The summed E-state index contributed by atoms with van der Waals surface area (Å²) < 4.78 is 5.92. The maximum Gasteiger partial charge on any atom is 0.306 e. The summed E-state index contributed by atoms with van der Waals surface area (Å²) in [5.74, 6) is -0.490. The number of carbonyl (C=O) groups is 2. The highest BCUT2D eigenvalue weighted by atomic mass is 16.5. The minimum Gasteiger partial charge on any atom is -0.462 e. The van der Waals surface area contributed by atoms with Gasteiger partial charge in [-0.05, 0) is 77.0 Å². The van der Waals surface area contributed by atoms with Crippen LogP contribution in [-0.2, 0) is 14.3 Å². The Labute approximate surface area is 379 Å². The molecule has 0 aromatic carbocycles. The van der Waals surface area contributed by atoms with E-state index in [2.05, 4.69) is 62.5 Å². The van der Waals surface area contributed by atoms with E-state index in [-0.39, 0.29) is 24.9 Å². The Morgan fingerprint density at radius 1 is 0.475 bits per heavy atom. The zero-order valence-corrected chi connectivity index (χ0v) is 40.8. The lowest BCUT2D eigenvalue weighted by atomic mass is 10.0. The lowest BCUT2D eigenvalue weighted by molar-refractivity contribution is -0.151. The Kier molecular flexibility index (Phi) is 47.6. The van der Waals surface area contributed by atoms with E-state index in [0.717, 1.165) is 70.6 Å². The van der Waals surface area contributed by atoms with Gasteiger partial charge in [-0.3, -0.25) is 9.59 Å². The molecule has 358 valence electrons. The van der Waals surface area contributed by atoms with Gasteiger partial charge in [-0.25, -0.2) is 0 Å². The van der Waals surface area contributed by atoms with Crippen molar-refractivity contribution in [1.29, 1.82) is 0 Å². The molecule has 61 heavy (non-hydrogen) atoms. The van der Waals surface area contributed by atoms with Crippen LogP contribution >= 0.6 is 0 Å². The Morgan fingerprint density at radius 3 is 1.34 bits per heavy atom. The van der Waals surface area contributed by atoms with Crippen molar-refractivity contribution in [3.63, 3.8) is 0 Å². The summed E-state index contributed by atoms with van der Waals surface area (Å²) in [7, 11) is 0. The molecule has 0 aliphatic rings. The maximum absolute atomic E-state index is 13.2. The van der Waals surface area contributed by atoms with Crippen molar-refractivity contribution in [1.82, 2.24) is 5.32 Å². The first kappa shape index (κ1) is 59.1. The number of allylic oxidation sites excluding steroid dienone is 6. The number of rotatable bonds is 48. The molecule has 0 saturated carbocycles. The molecule has 0 aromatic rings. The van der Waals surface area contributed by atoms with Gasteiger partial charge in [-0.15, -0.1) is 0 Å². The van der Waals surface area contributed by atoms with E-state index in [1.165, 1.54) is 161 Å². The van der Waals surface area contributed by atoms with Crippen molar-refractivity contribution >= 4 is 11.9 Å². The van der Waals surface area contributed by atoms with E-state index in [9.17, 15) is 19.8 Å². The average molecular weight is 858 g/mol. The van der Waals surface area contributed by atoms with Gasteiger partial charge >= 0.3 is 5.97 Å². The van der Waals surface area contributed by atoms with Gasteiger partial charge in [0, 0.05) is 6.42 Å². The summed E-state index contributed by atoms with van der Waals surface area (Å²) in [5.41, 5.74) is 0. The van der Waals surface area contributed by atoms with E-state index >= 15 is 0 Å². The molecule has 1 amide bonds. The zero-order chi connectivity index (χ0) is 44.5. The molecule has 0 bridgehead atoms. The molecule has 0 aliphatic heterocycles. The second-order valence-corrected chi connectivity index (χ2v) is 18.3. The first-order valence-corrected chi connectivity index (χ1v) is 26.7. The summed E-state index contributed by atoms with van der Waals surface area (Å²) in [6, 6.07) is -0.706. The molecule has 0 fully saturated rings. The average Bonchev–Trinajstić information content (AvgIpc) is 3.25. The van der Waals surface area contributed by atoms with Crippen LogP contribution in [-0.4, -0.2) is 46.9 Å². The summed E-state index contributed by atoms with van der Waals surface area (Å²) in [4.78, 5) is 26.1. The van der Waals surface area contributed by atoms with E-state index in [0.29, 0.717) is 19.3 Å². The maximum atomic E-state index is 13.2. The number of unbranched alkanes of at least 4 members (excludes halogenated alkanes) is 30. The topological polar surface area (TPSA) is 95.9 Å². The lowest BCUT2D eigenvalue weighted by Gasteiger charge is -2.24. The third-order valence-electron chi connectivity index (χ3n) is 12.2. The predicted octanol–water partition coefficient (Wildman–Crippen LogP) is 16.1. The van der Waals surface area contributed by atoms with Crippen LogP contribution in [0.2, 0.25) is 0 Å². The molecule has 6 nitrogen and oxygen atoms in total. The molecule has 0 radical (unpaired) electrons. The molecule has 0 aromatic heterocycles. The molecular formula is C55H103NO5. The monoisotopic (exact) mass is 858 g/mol. The number of hydrogen-bond acceptors (Lipinski definition) is 5. The minimum atomic E-state index is -0.791. The highest BCUT2D eigenvalue weighted by Crippen LogP contribution is 2.18. The van der Waals surface area contributed by atoms with Crippen molar-refractivity contribution in [3.05, 3.63) is 36.5 Å². The number of aliphatic hydroxyl groups excluding tert-OH is 2. The van der Waals surface area contributed by atoms with Gasteiger partial charge in [0.1, 0.15) is 6.10 Å². The SMILES string of the molecule is CCCC/C=C\CCCCCCCC(=O)OC(CCCCCCC/C=C\C/C=C\CCCCC)CC(=O)NC(CO)C(O)CCCCCCCCCCCCCCCCCC. The van der Waals surface area contributed by atoms with Crippen LogP contribution in [0.5, 0.6) is 0 Å². The molecular weight excluding hydrogens is 755 g/mol. The number of amides is 1. The number of ether oxygens (including phenoxy) is 1. The lowest BCUT2D eigenvalue weighted by Crippen LogP contribution is -2.46. The minimum absolute atomic E-state index is 0.0671. The number of nitrogens with one attached hydrogen (secondary N) is 1. The quantitative estimate of drug-likeness (QED) is 0.0322. The summed E-state index contributed by atoms with van der Waals surface area (Å²) in [5, 5.41) is 23.8. The zero-order valence-electron chi connectivity index (χ0n) is 40.8. The number of hydrogen-bond donors (Lipinski definition) is 3. The smallest absolute Gasteiger partial charge is 0.306 e. The molecule has 0 spiro atoms. The fraction of sp³-hybridized carbons (Fsp3) is 0.855. The van der Waals surface area contributed by atoms with Gasteiger partial charge in [0.25, 0.3) is 0 Å². The Bertz CT molecular complexity index is 1010. The Balaban J connectivity index is 4.54. The standard InChI is InChI=1S/C55H103NO5/c1-4-7-10-13-16-19-22-24-26-28-30-33-35-38-41-44-47-53(58)52(50-57)56-54(59)49-51(61-55(60)48-45-42-39-36-31-21-18-15-12-9-6-3)46-43-40-37-34-32-29-27-25-23-20-17-14-11-8-5-2/h15,17-18,20,25,27,51-53,57-58H,4-14,16,19,21-24,26,28-50H2,1-3H3,(H,56,59)/b18-15-,20-17-,27-25-. The molecule has 3 atom stereocenters. The largest absolute Gasteiger partial charge is 0.462 e. The molecule has 0 aliphatic carbocycles. The van der Waals surface area contributed by atoms with Crippen molar-refractivity contribution < 1.29 is 24.5 Å². The van der Waals surface area contributed by atoms with Crippen LogP contribution in [0.4, 0.5) is 0 Å². The molecule has 3 unspecified atom stereocenters. The van der Waals surface area contributed by atoms with E-state index in [1.807, 2.05) is 0 Å². The first-order valence-electron chi connectivity index (χ1n) is 26.7. The number of aliphatic hydroxyl groups is 2. The van der Waals surface area contributed by atoms with Crippen LogP contribution in [0.15, 0.2) is 36.5 Å². The van der Waals surface area contributed by atoms with Crippen molar-refractivity contribution in [2.75, 3.05) is 6.61 Å². The van der Waals surface area contributed by atoms with E-state index in [1.54, 1.807) is 0 Å². The number of carbonyl (C=O) groups excluding carboxylic acids is 2. The fourth-order valence-corrected chi connectivity index (χ4v) is 8.09. The van der Waals surface area contributed by atoms with Gasteiger partial charge in [-0.1, -0.05) is 224 Å². The van der Waals surface area contributed by atoms with Gasteiger partial charge in [0.05, 0.1) is 25.2 Å². The predicted molar refractivity (Wildman–Crippen MR) is 264 cm³/mol. The van der Waals surface area contributed by atoms with E-state index < -0.39 is 18.2 Å². The molecule has 3 N–H and O–H groups in total. The van der Waals surface area contributed by atoms with Gasteiger partial charge < -0.3 is 20.3 Å². The van der Waals surface area contributed by atoms with Crippen molar-refractivity contribution in [3.8, 4) is 0 Å². The highest BCUT2D eigenvalue weighted by molar-refractivity contribution is 5.77. The van der Waals surface area contributed by atoms with Gasteiger partial charge in [0.2, 0.25) is 5.91 Å². The molecule has 0 heterocycles. The summed E-state index contributed by atoms with van der Waals surface area (Å²) in [6.07, 6.45) is 57.7. The molecule has 0 saturated heterocycles. The van der Waals surface area contributed by atoms with Crippen LogP contribution in [0.3, 0.4) is 0 Å². The van der Waals surface area contributed by atoms with Crippen LogP contribution in [0, 0.1) is 0 Å². The van der Waals surface area contributed by atoms with Crippen LogP contribution in [0.1, 0.15) is 278 Å². The number of esters is 1. The summed E-state index contributed by atoms with van der Waals surface area (Å²) >= 11 is 0. The third-order valence-corrected chi connectivity index (χ3v) is 12.2. The van der Waals surface area contributed by atoms with Crippen LogP contribution < -0.4 is 5.32 Å². The first-order chi connectivity index (χ1) is 30.0. The highest BCUT2D eigenvalue weighted by Gasteiger charge is 2.24. The van der Waals surface area contributed by atoms with Crippen LogP contribution in [0.25, 0.3) is 0 Å². The summed E-state index contributed by atoms with van der Waals surface area (Å²) in [6.45, 7) is 6.43. The van der Waals surface area contributed by atoms with Gasteiger partial charge in [0.15, 0.2) is 0 Å². The Morgan fingerprint density at radius 2 is 0.852 bits per heavy atom. The molecule has 6 heteroatoms. The van der Waals surface area contributed by atoms with Gasteiger partial charge in [-0.2, -0.15) is 0 Å². The normalized spacial score (nSPS) is 13.5. The molecule has 0 rings (SSSR count). The fourth-order valence-electron chi connectivity index (χ4n) is 8.09.